The first-order chi connectivity index (χ1) is 12.7. The molecule has 0 saturated carbocycles. The number of benzene rings is 2. The second kappa shape index (κ2) is 7.05. The molecule has 0 aliphatic rings. The van der Waals surface area contributed by atoms with Crippen LogP contribution in [0.15, 0.2) is 47.4 Å². The molecular weight excluding hydrogens is 402 g/mol. The van der Waals surface area contributed by atoms with E-state index in [0.717, 1.165) is 16.8 Å². The Kier molecular flexibility index (Phi) is 4.94. The Morgan fingerprint density at radius 2 is 1.74 bits per heavy atom. The minimum atomic E-state index is -4.29. The summed E-state index contributed by atoms with van der Waals surface area (Å²) in [5.41, 5.74) is -0.527. The Labute approximate surface area is 157 Å². The summed E-state index contributed by atoms with van der Waals surface area (Å²) in [6.07, 6.45) is 0. The molecule has 3 aromatic rings. The zero-order valence-corrected chi connectivity index (χ0v) is 15.2. The third kappa shape index (κ3) is 3.67. The lowest BCUT2D eigenvalue weighted by Gasteiger charge is -2.07. The highest BCUT2D eigenvalue weighted by atomic mass is 35.5. The number of aromatic nitrogens is 3. The fourth-order valence-electron chi connectivity index (χ4n) is 2.28. The average molecular weight is 413 g/mol. The van der Waals surface area contributed by atoms with E-state index in [2.05, 4.69) is 10.1 Å². The number of aryl methyl sites for hydroxylation is 1. The summed E-state index contributed by atoms with van der Waals surface area (Å²) < 4.78 is 55.1. The van der Waals surface area contributed by atoms with Crippen LogP contribution in [0.25, 0.3) is 11.4 Å². The fraction of sp³-hybridized carbons (Fsp3) is 0.0625. The van der Waals surface area contributed by atoms with Gasteiger partial charge in [0.15, 0.2) is 5.82 Å². The molecule has 1 aromatic heterocycles. The van der Waals surface area contributed by atoms with Crippen LogP contribution in [0.3, 0.4) is 0 Å². The number of carbonyl (C=O) groups excluding carboxylic acids is 1. The maximum absolute atomic E-state index is 13.9. The SMILES string of the molecule is Cn1nc(-c2c(F)cccc2F)nc1C(=O)NS(=O)(=O)c1ccccc1Cl. The first-order valence-electron chi connectivity index (χ1n) is 7.38. The van der Waals surface area contributed by atoms with Crippen LogP contribution in [-0.2, 0) is 17.1 Å². The van der Waals surface area contributed by atoms with Crippen molar-refractivity contribution in [2.45, 2.75) is 4.90 Å². The first-order valence-corrected chi connectivity index (χ1v) is 9.24. The van der Waals surface area contributed by atoms with Crippen molar-refractivity contribution in [3.8, 4) is 11.4 Å². The van der Waals surface area contributed by atoms with Crippen LogP contribution in [0, 0.1) is 11.6 Å². The summed E-state index contributed by atoms with van der Waals surface area (Å²) >= 11 is 5.84. The summed E-state index contributed by atoms with van der Waals surface area (Å²) in [5, 5.41) is 3.71. The molecule has 1 amide bonds. The predicted octanol–water partition coefficient (Wildman–Crippen LogP) is 2.53. The van der Waals surface area contributed by atoms with Crippen LogP contribution in [0.4, 0.5) is 8.78 Å². The van der Waals surface area contributed by atoms with Gasteiger partial charge in [-0.05, 0) is 24.3 Å². The van der Waals surface area contributed by atoms with E-state index in [9.17, 15) is 22.0 Å². The highest BCUT2D eigenvalue weighted by Crippen LogP contribution is 2.24. The number of sulfonamides is 1. The molecule has 140 valence electrons. The van der Waals surface area contributed by atoms with Crippen LogP contribution in [0.1, 0.15) is 10.6 Å². The van der Waals surface area contributed by atoms with Crippen LogP contribution >= 0.6 is 11.6 Å². The quantitative estimate of drug-likeness (QED) is 0.710. The summed E-state index contributed by atoms with van der Waals surface area (Å²) in [4.78, 5) is 15.8. The van der Waals surface area contributed by atoms with Crippen LogP contribution in [0.2, 0.25) is 5.02 Å². The van der Waals surface area contributed by atoms with Gasteiger partial charge in [-0.25, -0.2) is 31.6 Å². The summed E-state index contributed by atoms with van der Waals surface area (Å²) in [7, 11) is -3.00. The Morgan fingerprint density at radius 1 is 1.11 bits per heavy atom. The highest BCUT2D eigenvalue weighted by Gasteiger charge is 2.26. The minimum Gasteiger partial charge on any atom is -0.265 e. The number of rotatable bonds is 4. The van der Waals surface area contributed by atoms with E-state index in [-0.39, 0.29) is 9.92 Å². The second-order valence-corrected chi connectivity index (χ2v) is 7.40. The molecule has 0 bridgehead atoms. The topological polar surface area (TPSA) is 93.9 Å². The molecule has 0 atom stereocenters. The van der Waals surface area contributed by atoms with E-state index >= 15 is 0 Å². The molecule has 0 aliphatic carbocycles. The van der Waals surface area contributed by atoms with Crippen molar-refractivity contribution < 1.29 is 22.0 Å². The number of halogens is 3. The number of hydrogen-bond donors (Lipinski definition) is 1. The number of amides is 1. The Bertz CT molecular complexity index is 1130. The van der Waals surface area contributed by atoms with Crippen LogP contribution in [-0.4, -0.2) is 29.1 Å². The number of nitrogens with zero attached hydrogens (tertiary/aromatic N) is 3. The van der Waals surface area contributed by atoms with E-state index in [1.165, 1.54) is 37.4 Å². The maximum Gasteiger partial charge on any atom is 0.302 e. The zero-order valence-electron chi connectivity index (χ0n) is 13.6. The molecule has 3 rings (SSSR count). The second-order valence-electron chi connectivity index (χ2n) is 5.34. The zero-order chi connectivity index (χ0) is 19.8. The van der Waals surface area contributed by atoms with Gasteiger partial charge in [-0.1, -0.05) is 29.8 Å². The van der Waals surface area contributed by atoms with Gasteiger partial charge >= 0.3 is 5.91 Å². The van der Waals surface area contributed by atoms with Gasteiger partial charge in [0.25, 0.3) is 10.0 Å². The van der Waals surface area contributed by atoms with Crippen molar-refractivity contribution >= 4 is 27.5 Å². The van der Waals surface area contributed by atoms with E-state index in [1.54, 1.807) is 4.72 Å². The Morgan fingerprint density at radius 3 is 2.37 bits per heavy atom. The number of hydrogen-bond acceptors (Lipinski definition) is 5. The van der Waals surface area contributed by atoms with Gasteiger partial charge in [-0.15, -0.1) is 0 Å². The number of carbonyl (C=O) groups is 1. The molecular formula is C16H11ClF2N4O3S. The molecule has 0 saturated heterocycles. The van der Waals surface area contributed by atoms with Crippen LogP contribution in [0.5, 0.6) is 0 Å². The molecule has 1 heterocycles. The molecule has 0 unspecified atom stereocenters. The van der Waals surface area contributed by atoms with Gasteiger partial charge in [-0.2, -0.15) is 5.10 Å². The number of nitrogens with one attached hydrogen (secondary N) is 1. The van der Waals surface area contributed by atoms with Gasteiger partial charge in [0, 0.05) is 7.05 Å². The van der Waals surface area contributed by atoms with Gasteiger partial charge < -0.3 is 0 Å². The standard InChI is InChI=1S/C16H11ClF2N4O3S/c1-23-15(20-14(21-23)13-10(18)6-4-7-11(13)19)16(24)22-27(25,26)12-8-3-2-5-9(12)17/h2-8H,1H3,(H,22,24). The van der Waals surface area contributed by atoms with E-state index in [1.807, 2.05) is 0 Å². The fourth-order valence-corrected chi connectivity index (χ4v) is 3.75. The average Bonchev–Trinajstić information content (AvgIpc) is 2.96. The molecule has 27 heavy (non-hydrogen) atoms. The minimum absolute atomic E-state index is 0.0788. The van der Waals surface area contributed by atoms with E-state index in [4.69, 9.17) is 11.6 Å². The maximum atomic E-state index is 13.9. The van der Waals surface area contributed by atoms with Crippen molar-refractivity contribution in [3.05, 3.63) is 64.9 Å². The summed E-state index contributed by atoms with van der Waals surface area (Å²) in [6.45, 7) is 0. The van der Waals surface area contributed by atoms with Gasteiger partial charge in [0.2, 0.25) is 5.82 Å². The van der Waals surface area contributed by atoms with Crippen molar-refractivity contribution in [1.29, 1.82) is 0 Å². The van der Waals surface area contributed by atoms with Gasteiger partial charge in [0.1, 0.15) is 16.5 Å². The van der Waals surface area contributed by atoms with Crippen molar-refractivity contribution in [3.63, 3.8) is 0 Å². The Balaban J connectivity index is 1.95. The molecule has 11 heteroatoms. The lowest BCUT2D eigenvalue weighted by atomic mass is 10.2. The largest absolute Gasteiger partial charge is 0.302 e. The third-order valence-corrected chi connectivity index (χ3v) is 5.34. The molecule has 0 aliphatic heterocycles. The van der Waals surface area contributed by atoms with Gasteiger partial charge in [-0.3, -0.25) is 4.79 Å². The van der Waals surface area contributed by atoms with Crippen LogP contribution < -0.4 is 4.72 Å². The highest BCUT2D eigenvalue weighted by molar-refractivity contribution is 7.90. The Hall–Kier alpha value is -2.85. The molecule has 7 nitrogen and oxygen atoms in total. The first kappa shape index (κ1) is 18.9. The molecule has 0 fully saturated rings. The predicted molar refractivity (Wildman–Crippen MR) is 92.5 cm³/mol. The van der Waals surface area contributed by atoms with Crippen molar-refractivity contribution in [2.24, 2.45) is 7.05 Å². The van der Waals surface area contributed by atoms with Gasteiger partial charge in [0.05, 0.1) is 10.6 Å². The normalized spacial score (nSPS) is 11.4. The molecule has 1 N–H and O–H groups in total. The molecule has 0 radical (unpaired) electrons. The van der Waals surface area contributed by atoms with Crippen molar-refractivity contribution in [2.75, 3.05) is 0 Å². The van der Waals surface area contributed by atoms with E-state index in [0.29, 0.717) is 0 Å². The summed E-state index contributed by atoms with van der Waals surface area (Å²) in [6, 6.07) is 8.72. The monoisotopic (exact) mass is 412 g/mol. The molecule has 0 spiro atoms. The van der Waals surface area contributed by atoms with Crippen molar-refractivity contribution in [1.82, 2.24) is 19.5 Å². The van der Waals surface area contributed by atoms with E-state index < -0.39 is 44.8 Å². The molecule has 2 aromatic carbocycles. The lowest BCUT2D eigenvalue weighted by Crippen LogP contribution is -2.32. The third-order valence-electron chi connectivity index (χ3n) is 3.51. The lowest BCUT2D eigenvalue weighted by molar-refractivity contribution is 0.0967. The smallest absolute Gasteiger partial charge is 0.265 e. The summed E-state index contributed by atoms with van der Waals surface area (Å²) in [5.74, 6) is -3.82.